The molecule has 3 rings (SSSR count). The van der Waals surface area contributed by atoms with Crippen molar-refractivity contribution in [3.63, 3.8) is 0 Å². The highest BCUT2D eigenvalue weighted by Crippen LogP contribution is 2.28. The van der Waals surface area contributed by atoms with E-state index in [1.54, 1.807) is 13.0 Å². The summed E-state index contributed by atoms with van der Waals surface area (Å²) in [6, 6.07) is 13.2. The number of esters is 1. The standard InChI is InChI=1S/C20H14FN3O4/c1-12-9-16(25)19(23-24(12)15-6-4-3-5-14(15)21)20(26)28-17-8-7-13(11-22)10-18(17)27-2/h3-10H,1-2H3. The van der Waals surface area contributed by atoms with E-state index in [1.807, 2.05) is 6.07 Å². The normalized spacial score (nSPS) is 10.2. The average Bonchev–Trinajstić information content (AvgIpc) is 2.69. The molecule has 2 aromatic carbocycles. The number of benzene rings is 2. The second-order valence-electron chi connectivity index (χ2n) is 5.73. The van der Waals surface area contributed by atoms with Crippen LogP contribution in [0.2, 0.25) is 0 Å². The second kappa shape index (κ2) is 7.72. The number of carbonyl (C=O) groups is 1. The Labute approximate surface area is 159 Å². The van der Waals surface area contributed by atoms with E-state index >= 15 is 0 Å². The van der Waals surface area contributed by atoms with E-state index in [0.29, 0.717) is 11.3 Å². The van der Waals surface area contributed by atoms with Gasteiger partial charge in [-0.05, 0) is 31.2 Å². The number of ether oxygens (including phenoxy) is 2. The summed E-state index contributed by atoms with van der Waals surface area (Å²) >= 11 is 0. The van der Waals surface area contributed by atoms with Gasteiger partial charge in [-0.15, -0.1) is 0 Å². The van der Waals surface area contributed by atoms with Crippen LogP contribution in [0, 0.1) is 24.1 Å². The molecule has 3 aromatic rings. The predicted octanol–water partition coefficient (Wildman–Crippen LogP) is 2.78. The molecule has 0 N–H and O–H groups in total. The van der Waals surface area contributed by atoms with E-state index in [0.717, 1.165) is 4.68 Å². The van der Waals surface area contributed by atoms with E-state index < -0.39 is 22.9 Å². The third-order valence-corrected chi connectivity index (χ3v) is 3.88. The minimum absolute atomic E-state index is 0.0192. The topological polar surface area (TPSA) is 94.2 Å². The van der Waals surface area contributed by atoms with Crippen molar-refractivity contribution in [2.24, 2.45) is 0 Å². The van der Waals surface area contributed by atoms with Crippen molar-refractivity contribution in [1.82, 2.24) is 9.78 Å². The van der Waals surface area contributed by atoms with E-state index in [9.17, 15) is 14.0 Å². The molecule has 0 saturated carbocycles. The first-order valence-corrected chi connectivity index (χ1v) is 8.11. The van der Waals surface area contributed by atoms with Crippen molar-refractivity contribution in [3.8, 4) is 23.3 Å². The third-order valence-electron chi connectivity index (χ3n) is 3.88. The van der Waals surface area contributed by atoms with Gasteiger partial charge in [0.2, 0.25) is 11.1 Å². The second-order valence-corrected chi connectivity index (χ2v) is 5.73. The van der Waals surface area contributed by atoms with Crippen molar-refractivity contribution in [1.29, 1.82) is 5.26 Å². The Balaban J connectivity index is 2.02. The summed E-state index contributed by atoms with van der Waals surface area (Å²) in [5, 5.41) is 12.9. The Morgan fingerprint density at radius 3 is 2.61 bits per heavy atom. The first kappa shape index (κ1) is 18.8. The van der Waals surface area contributed by atoms with Gasteiger partial charge in [-0.3, -0.25) is 4.79 Å². The molecular formula is C20H14FN3O4. The quantitative estimate of drug-likeness (QED) is 0.511. The molecule has 7 nitrogen and oxygen atoms in total. The number of hydrogen-bond donors (Lipinski definition) is 0. The van der Waals surface area contributed by atoms with Crippen molar-refractivity contribution in [3.05, 3.63) is 81.5 Å². The van der Waals surface area contributed by atoms with Gasteiger partial charge < -0.3 is 9.47 Å². The maximum Gasteiger partial charge on any atom is 0.368 e. The molecule has 0 bridgehead atoms. The molecule has 28 heavy (non-hydrogen) atoms. The first-order chi connectivity index (χ1) is 13.4. The number of aromatic nitrogens is 2. The molecule has 0 fully saturated rings. The number of halogens is 1. The molecule has 0 aliphatic carbocycles. The van der Waals surface area contributed by atoms with Gasteiger partial charge in [-0.2, -0.15) is 10.4 Å². The molecule has 1 heterocycles. The number of para-hydroxylation sites is 1. The fourth-order valence-corrected chi connectivity index (χ4v) is 2.53. The summed E-state index contributed by atoms with van der Waals surface area (Å²) < 4.78 is 25.6. The fourth-order valence-electron chi connectivity index (χ4n) is 2.53. The molecule has 0 aliphatic heterocycles. The summed E-state index contributed by atoms with van der Waals surface area (Å²) in [5.41, 5.74) is -0.428. The number of nitriles is 1. The van der Waals surface area contributed by atoms with Crippen LogP contribution in [-0.2, 0) is 0 Å². The molecule has 0 saturated heterocycles. The van der Waals surface area contributed by atoms with Crippen LogP contribution in [0.25, 0.3) is 5.69 Å². The van der Waals surface area contributed by atoms with Gasteiger partial charge in [-0.25, -0.2) is 13.9 Å². The number of rotatable bonds is 4. The zero-order chi connectivity index (χ0) is 20.3. The molecule has 1 aromatic heterocycles. The highest BCUT2D eigenvalue weighted by Gasteiger charge is 2.20. The zero-order valence-electron chi connectivity index (χ0n) is 15.0. The lowest BCUT2D eigenvalue weighted by Gasteiger charge is -2.12. The number of aryl methyl sites for hydroxylation is 1. The Hall–Kier alpha value is -3.99. The molecule has 140 valence electrons. The van der Waals surface area contributed by atoms with Crippen molar-refractivity contribution < 1.29 is 18.7 Å². The maximum atomic E-state index is 14.1. The van der Waals surface area contributed by atoms with Gasteiger partial charge in [0.1, 0.15) is 11.5 Å². The number of carbonyl (C=O) groups excluding carboxylic acids is 1. The largest absolute Gasteiger partial charge is 0.493 e. The van der Waals surface area contributed by atoms with Gasteiger partial charge in [0.25, 0.3) is 0 Å². The smallest absolute Gasteiger partial charge is 0.368 e. The van der Waals surface area contributed by atoms with E-state index in [1.165, 1.54) is 49.6 Å². The number of hydrogen-bond acceptors (Lipinski definition) is 6. The van der Waals surface area contributed by atoms with Gasteiger partial charge in [-0.1, -0.05) is 12.1 Å². The van der Waals surface area contributed by atoms with Gasteiger partial charge >= 0.3 is 5.97 Å². The molecule has 0 unspecified atom stereocenters. The van der Waals surface area contributed by atoms with Gasteiger partial charge in [0, 0.05) is 17.8 Å². The predicted molar refractivity (Wildman–Crippen MR) is 97.2 cm³/mol. The average molecular weight is 379 g/mol. The number of nitrogens with zero attached hydrogens (tertiary/aromatic N) is 3. The summed E-state index contributed by atoms with van der Waals surface area (Å²) in [5.74, 6) is -1.42. The highest BCUT2D eigenvalue weighted by atomic mass is 19.1. The van der Waals surface area contributed by atoms with Crippen molar-refractivity contribution in [2.75, 3.05) is 7.11 Å². The molecule has 0 radical (unpaired) electrons. The van der Waals surface area contributed by atoms with E-state index in [-0.39, 0.29) is 17.2 Å². The van der Waals surface area contributed by atoms with E-state index in [4.69, 9.17) is 14.7 Å². The highest BCUT2D eigenvalue weighted by molar-refractivity contribution is 5.89. The van der Waals surface area contributed by atoms with Crippen LogP contribution < -0.4 is 14.9 Å². The minimum Gasteiger partial charge on any atom is -0.493 e. The Kier molecular flexibility index (Phi) is 5.18. The zero-order valence-corrected chi connectivity index (χ0v) is 15.0. The lowest BCUT2D eigenvalue weighted by molar-refractivity contribution is 0.0720. The SMILES string of the molecule is COc1cc(C#N)ccc1OC(=O)c1nn(-c2ccccc2F)c(C)cc1=O. The number of methoxy groups -OCH3 is 1. The third kappa shape index (κ3) is 3.59. The Morgan fingerprint density at radius 2 is 1.93 bits per heavy atom. The van der Waals surface area contributed by atoms with E-state index in [2.05, 4.69) is 5.10 Å². The van der Waals surface area contributed by atoms with Crippen LogP contribution in [-0.4, -0.2) is 22.9 Å². The van der Waals surface area contributed by atoms with Crippen molar-refractivity contribution in [2.45, 2.75) is 6.92 Å². The van der Waals surface area contributed by atoms with Crippen LogP contribution in [0.1, 0.15) is 21.7 Å². The lowest BCUT2D eigenvalue weighted by Crippen LogP contribution is -2.26. The maximum absolute atomic E-state index is 14.1. The monoisotopic (exact) mass is 379 g/mol. The fraction of sp³-hybridized carbons (Fsp3) is 0.100. The Bertz CT molecular complexity index is 1160. The summed E-state index contributed by atoms with van der Waals surface area (Å²) in [6.07, 6.45) is 0. The van der Waals surface area contributed by atoms with Crippen LogP contribution in [0.4, 0.5) is 4.39 Å². The minimum atomic E-state index is -1.03. The molecule has 0 atom stereocenters. The van der Waals surface area contributed by atoms with Crippen LogP contribution in [0.3, 0.4) is 0 Å². The summed E-state index contributed by atoms with van der Waals surface area (Å²) in [4.78, 5) is 24.8. The summed E-state index contributed by atoms with van der Waals surface area (Å²) in [7, 11) is 1.35. The molecule has 0 aliphatic rings. The van der Waals surface area contributed by atoms with Gasteiger partial charge in [0.15, 0.2) is 11.5 Å². The molecular weight excluding hydrogens is 365 g/mol. The van der Waals surface area contributed by atoms with Crippen LogP contribution in [0.15, 0.2) is 53.3 Å². The first-order valence-electron chi connectivity index (χ1n) is 8.11. The summed E-state index contributed by atoms with van der Waals surface area (Å²) in [6.45, 7) is 1.57. The lowest BCUT2D eigenvalue weighted by atomic mass is 10.2. The van der Waals surface area contributed by atoms with Crippen LogP contribution >= 0.6 is 0 Å². The Morgan fingerprint density at radius 1 is 1.18 bits per heavy atom. The van der Waals surface area contributed by atoms with Gasteiger partial charge in [0.05, 0.1) is 18.7 Å². The molecule has 8 heteroatoms. The van der Waals surface area contributed by atoms with Crippen molar-refractivity contribution >= 4 is 5.97 Å². The molecule has 0 amide bonds. The van der Waals surface area contributed by atoms with Crippen LogP contribution in [0.5, 0.6) is 11.5 Å². The molecule has 0 spiro atoms.